The Bertz CT molecular complexity index is 438. The summed E-state index contributed by atoms with van der Waals surface area (Å²) in [4.78, 5) is 11.1. The van der Waals surface area contributed by atoms with Crippen molar-refractivity contribution < 1.29 is 9.53 Å². The minimum Gasteiger partial charge on any atom is -0.496 e. The lowest BCUT2D eigenvalue weighted by atomic mass is 9.93. The van der Waals surface area contributed by atoms with E-state index in [1.165, 1.54) is 5.56 Å². The first-order valence-corrected chi connectivity index (χ1v) is 6.32. The molecule has 1 amide bonds. The van der Waals surface area contributed by atoms with Crippen LogP contribution in [-0.4, -0.2) is 13.0 Å². The van der Waals surface area contributed by atoms with E-state index in [-0.39, 0.29) is 11.9 Å². The summed E-state index contributed by atoms with van der Waals surface area (Å²) in [6.45, 7) is 9.86. The van der Waals surface area contributed by atoms with Crippen molar-refractivity contribution in [3.8, 4) is 5.75 Å². The number of rotatable bonds is 4. The van der Waals surface area contributed by atoms with Crippen LogP contribution in [0.2, 0.25) is 0 Å². The quantitative estimate of drug-likeness (QED) is 0.889. The fraction of sp³-hybridized carbons (Fsp3) is 0.533. The van der Waals surface area contributed by atoms with Gasteiger partial charge in [-0.05, 0) is 48.6 Å². The summed E-state index contributed by atoms with van der Waals surface area (Å²) in [6, 6.07) is 4.20. The van der Waals surface area contributed by atoms with E-state index in [4.69, 9.17) is 4.74 Å². The van der Waals surface area contributed by atoms with Crippen LogP contribution < -0.4 is 10.1 Å². The van der Waals surface area contributed by atoms with E-state index in [2.05, 4.69) is 25.2 Å². The lowest BCUT2D eigenvalue weighted by molar-refractivity contribution is -0.119. The first-order valence-electron chi connectivity index (χ1n) is 6.32. The second-order valence-corrected chi connectivity index (χ2v) is 5.03. The first kappa shape index (κ1) is 14.6. The molecule has 0 saturated heterocycles. The molecule has 0 fully saturated rings. The van der Waals surface area contributed by atoms with E-state index in [0.717, 1.165) is 16.9 Å². The molecule has 0 aliphatic rings. The van der Waals surface area contributed by atoms with Crippen molar-refractivity contribution in [2.75, 3.05) is 7.11 Å². The summed E-state index contributed by atoms with van der Waals surface area (Å²) >= 11 is 0. The molecule has 0 saturated carbocycles. The van der Waals surface area contributed by atoms with Crippen LogP contribution in [0.4, 0.5) is 0 Å². The van der Waals surface area contributed by atoms with Crippen molar-refractivity contribution in [3.63, 3.8) is 0 Å². The first-order chi connectivity index (χ1) is 8.36. The molecule has 1 rings (SSSR count). The lowest BCUT2D eigenvalue weighted by Gasteiger charge is -2.20. The van der Waals surface area contributed by atoms with E-state index in [1.54, 1.807) is 14.0 Å². The molecule has 0 aliphatic heterocycles. The highest BCUT2D eigenvalue weighted by Crippen LogP contribution is 2.31. The molecule has 1 N–H and O–H groups in total. The lowest BCUT2D eigenvalue weighted by Crippen LogP contribution is -2.24. The van der Waals surface area contributed by atoms with E-state index < -0.39 is 0 Å². The van der Waals surface area contributed by atoms with Gasteiger partial charge in [0.15, 0.2) is 0 Å². The van der Waals surface area contributed by atoms with Crippen molar-refractivity contribution in [2.45, 2.75) is 46.6 Å². The number of hydrogen-bond acceptors (Lipinski definition) is 2. The minimum atomic E-state index is -0.0104. The van der Waals surface area contributed by atoms with Gasteiger partial charge in [-0.25, -0.2) is 0 Å². The van der Waals surface area contributed by atoms with Gasteiger partial charge in [-0.1, -0.05) is 13.8 Å². The highest BCUT2D eigenvalue weighted by molar-refractivity contribution is 5.73. The fourth-order valence-corrected chi connectivity index (χ4v) is 2.19. The number of carbonyl (C=O) groups is 1. The average Bonchev–Trinajstić information content (AvgIpc) is 2.26. The van der Waals surface area contributed by atoms with Gasteiger partial charge in [0.2, 0.25) is 5.91 Å². The largest absolute Gasteiger partial charge is 0.496 e. The average molecular weight is 249 g/mol. The summed E-state index contributed by atoms with van der Waals surface area (Å²) in [5.74, 6) is 1.30. The summed E-state index contributed by atoms with van der Waals surface area (Å²) in [6.07, 6.45) is 0. The van der Waals surface area contributed by atoms with Crippen molar-refractivity contribution in [2.24, 2.45) is 0 Å². The fourth-order valence-electron chi connectivity index (χ4n) is 2.19. The van der Waals surface area contributed by atoms with Crippen molar-refractivity contribution >= 4 is 5.91 Å². The standard InChI is InChI=1S/C15H23NO2/c1-9(2)13-8-14(11(4)16-12(5)17)10(3)7-15(13)18-6/h7-9,11H,1-6H3,(H,16,17). The third-order valence-corrected chi connectivity index (χ3v) is 3.13. The highest BCUT2D eigenvalue weighted by atomic mass is 16.5. The molecule has 0 spiro atoms. The summed E-state index contributed by atoms with van der Waals surface area (Å²) in [5.41, 5.74) is 3.46. The monoisotopic (exact) mass is 249 g/mol. The van der Waals surface area contributed by atoms with E-state index in [0.29, 0.717) is 5.92 Å². The summed E-state index contributed by atoms with van der Waals surface area (Å²) < 4.78 is 5.42. The molecule has 18 heavy (non-hydrogen) atoms. The molecule has 1 unspecified atom stereocenters. The third kappa shape index (κ3) is 3.25. The number of aryl methyl sites for hydroxylation is 1. The van der Waals surface area contributed by atoms with Gasteiger partial charge in [-0.2, -0.15) is 0 Å². The van der Waals surface area contributed by atoms with E-state index >= 15 is 0 Å². The number of carbonyl (C=O) groups excluding carboxylic acids is 1. The van der Waals surface area contributed by atoms with Gasteiger partial charge in [-0.3, -0.25) is 4.79 Å². The van der Waals surface area contributed by atoms with Gasteiger partial charge in [0.05, 0.1) is 13.2 Å². The van der Waals surface area contributed by atoms with Crippen LogP contribution in [0.3, 0.4) is 0 Å². The predicted octanol–water partition coefficient (Wildman–Crippen LogP) is 3.32. The summed E-state index contributed by atoms with van der Waals surface area (Å²) in [7, 11) is 1.69. The maximum atomic E-state index is 11.1. The van der Waals surface area contributed by atoms with Crippen LogP contribution in [0.1, 0.15) is 56.3 Å². The van der Waals surface area contributed by atoms with Crippen LogP contribution in [0.25, 0.3) is 0 Å². The second-order valence-electron chi connectivity index (χ2n) is 5.03. The van der Waals surface area contributed by atoms with E-state index in [9.17, 15) is 4.79 Å². The van der Waals surface area contributed by atoms with E-state index in [1.807, 2.05) is 19.9 Å². The van der Waals surface area contributed by atoms with Crippen LogP contribution in [0.5, 0.6) is 5.75 Å². The van der Waals surface area contributed by atoms with Gasteiger partial charge in [0.1, 0.15) is 5.75 Å². The molecule has 1 aromatic carbocycles. The Kier molecular flexibility index (Phi) is 4.76. The Morgan fingerprint density at radius 3 is 2.28 bits per heavy atom. The van der Waals surface area contributed by atoms with Crippen molar-refractivity contribution in [3.05, 3.63) is 28.8 Å². The maximum absolute atomic E-state index is 11.1. The SMILES string of the molecule is COc1cc(C)c(C(C)NC(C)=O)cc1C(C)C. The normalized spacial score (nSPS) is 12.4. The van der Waals surface area contributed by atoms with Gasteiger partial charge >= 0.3 is 0 Å². The third-order valence-electron chi connectivity index (χ3n) is 3.13. The molecule has 100 valence electrons. The second kappa shape index (κ2) is 5.89. The molecule has 3 heteroatoms. The Labute approximate surface area is 110 Å². The molecule has 0 bridgehead atoms. The van der Waals surface area contributed by atoms with Gasteiger partial charge in [0.25, 0.3) is 0 Å². The smallest absolute Gasteiger partial charge is 0.217 e. The number of amides is 1. The number of hydrogen-bond donors (Lipinski definition) is 1. The molecule has 0 aliphatic carbocycles. The Morgan fingerprint density at radius 1 is 1.22 bits per heavy atom. The molecule has 0 radical (unpaired) electrons. The van der Waals surface area contributed by atoms with Crippen LogP contribution in [0, 0.1) is 6.92 Å². The zero-order chi connectivity index (χ0) is 13.9. The van der Waals surface area contributed by atoms with Crippen LogP contribution in [0.15, 0.2) is 12.1 Å². The maximum Gasteiger partial charge on any atom is 0.217 e. The van der Waals surface area contributed by atoms with Gasteiger partial charge in [-0.15, -0.1) is 0 Å². The Hall–Kier alpha value is -1.51. The Morgan fingerprint density at radius 2 is 1.83 bits per heavy atom. The zero-order valence-corrected chi connectivity index (χ0v) is 12.1. The summed E-state index contributed by atoms with van der Waals surface area (Å²) in [5, 5.41) is 2.92. The van der Waals surface area contributed by atoms with Crippen LogP contribution in [-0.2, 0) is 4.79 Å². The van der Waals surface area contributed by atoms with Crippen molar-refractivity contribution in [1.82, 2.24) is 5.32 Å². The number of methoxy groups -OCH3 is 1. The molecule has 1 aromatic rings. The Balaban J connectivity index is 3.20. The highest BCUT2D eigenvalue weighted by Gasteiger charge is 2.15. The minimum absolute atomic E-state index is 0.0104. The molecular weight excluding hydrogens is 226 g/mol. The zero-order valence-electron chi connectivity index (χ0n) is 12.1. The topological polar surface area (TPSA) is 38.3 Å². The number of benzene rings is 1. The number of nitrogens with one attached hydrogen (secondary N) is 1. The molecule has 1 atom stereocenters. The molecule has 3 nitrogen and oxygen atoms in total. The van der Waals surface area contributed by atoms with Crippen LogP contribution >= 0.6 is 0 Å². The van der Waals surface area contributed by atoms with Gasteiger partial charge in [0, 0.05) is 6.92 Å². The molecule has 0 aromatic heterocycles. The molecule has 0 heterocycles. The van der Waals surface area contributed by atoms with Gasteiger partial charge < -0.3 is 10.1 Å². The predicted molar refractivity (Wildman–Crippen MR) is 74.1 cm³/mol. The molecular formula is C15H23NO2. The van der Waals surface area contributed by atoms with Crippen molar-refractivity contribution in [1.29, 1.82) is 0 Å². The number of ether oxygens (including phenoxy) is 1.